The van der Waals surface area contributed by atoms with E-state index in [2.05, 4.69) is 0 Å². The predicted octanol–water partition coefficient (Wildman–Crippen LogP) is 5.00. The molecule has 0 aliphatic heterocycles. The first-order valence-corrected chi connectivity index (χ1v) is 9.47. The van der Waals surface area contributed by atoms with E-state index < -0.39 is 17.7 Å². The Morgan fingerprint density at radius 3 is 1.81 bits per heavy atom. The third kappa shape index (κ3) is 3.55. The summed E-state index contributed by atoms with van der Waals surface area (Å²) in [5, 5.41) is 0. The third-order valence-electron chi connectivity index (χ3n) is 2.23. The van der Waals surface area contributed by atoms with Gasteiger partial charge >= 0.3 is 12.2 Å². The van der Waals surface area contributed by atoms with Crippen LogP contribution in [0.4, 0.5) is 13.2 Å². The lowest BCUT2D eigenvalue weighted by atomic mass is 10.1. The molecule has 0 unspecified atom stereocenters. The number of alkyl halides is 3. The second-order valence-corrected chi connectivity index (χ2v) is 12.4. The maximum Gasteiger partial charge on any atom is 0.416 e. The standard InChI is InChI=1S/C9H8Cl3F3Si/c1-6(16(10,11)12)7-2-4-8(5-3-7)9(13,14)15/h2-6H,1H3/t6-/m1/s1. The third-order valence-corrected chi connectivity index (χ3v) is 6.49. The molecule has 1 rings (SSSR count). The smallest absolute Gasteiger partial charge is 0.166 e. The molecule has 0 heterocycles. The lowest BCUT2D eigenvalue weighted by Gasteiger charge is -2.18. The highest BCUT2D eigenvalue weighted by atomic mass is 35.8. The fourth-order valence-electron chi connectivity index (χ4n) is 1.15. The first-order valence-electron chi connectivity index (χ1n) is 4.36. The molecule has 90 valence electrons. The predicted molar refractivity (Wildman–Crippen MR) is 63.2 cm³/mol. The number of hydrogen-bond donors (Lipinski definition) is 0. The Labute approximate surface area is 106 Å². The molecule has 1 aromatic carbocycles. The second-order valence-electron chi connectivity index (χ2n) is 3.38. The second kappa shape index (κ2) is 4.76. The first kappa shape index (κ1) is 14.2. The summed E-state index contributed by atoms with van der Waals surface area (Å²) in [4.78, 5) is 0. The van der Waals surface area contributed by atoms with Crippen LogP contribution in [0.5, 0.6) is 0 Å². The van der Waals surface area contributed by atoms with Crippen molar-refractivity contribution in [3.05, 3.63) is 35.4 Å². The van der Waals surface area contributed by atoms with E-state index in [1.54, 1.807) is 6.92 Å². The highest BCUT2D eigenvalue weighted by Crippen LogP contribution is 2.37. The molecule has 0 amide bonds. The summed E-state index contributed by atoms with van der Waals surface area (Å²) in [7, 11) is 0. The van der Waals surface area contributed by atoms with Crippen molar-refractivity contribution in [3.8, 4) is 0 Å². The van der Waals surface area contributed by atoms with Crippen molar-refractivity contribution in [2.24, 2.45) is 0 Å². The van der Waals surface area contributed by atoms with E-state index in [1.165, 1.54) is 12.1 Å². The average molecular weight is 308 g/mol. The van der Waals surface area contributed by atoms with Gasteiger partial charge in [0.15, 0.2) is 0 Å². The lowest BCUT2D eigenvalue weighted by molar-refractivity contribution is -0.137. The van der Waals surface area contributed by atoms with Gasteiger partial charge in [-0.05, 0) is 17.7 Å². The monoisotopic (exact) mass is 306 g/mol. The van der Waals surface area contributed by atoms with Crippen molar-refractivity contribution in [1.82, 2.24) is 0 Å². The summed E-state index contributed by atoms with van der Waals surface area (Å²) >= 11 is 17.4. The SMILES string of the molecule is C[C@H](c1ccc(C(F)(F)F)cc1)[Si](Cl)(Cl)Cl. The average Bonchev–Trinajstić information content (AvgIpc) is 2.14. The quantitative estimate of drug-likeness (QED) is 0.532. The minimum atomic E-state index is -4.33. The fraction of sp³-hybridized carbons (Fsp3) is 0.333. The van der Waals surface area contributed by atoms with Gasteiger partial charge in [-0.3, -0.25) is 0 Å². The summed E-state index contributed by atoms with van der Waals surface area (Å²) in [6.45, 7) is 1.70. The van der Waals surface area contributed by atoms with Crippen LogP contribution in [0.3, 0.4) is 0 Å². The van der Waals surface area contributed by atoms with Crippen LogP contribution in [-0.2, 0) is 6.18 Å². The number of rotatable bonds is 2. The van der Waals surface area contributed by atoms with Gasteiger partial charge in [0.05, 0.1) is 5.56 Å². The van der Waals surface area contributed by atoms with E-state index in [1.807, 2.05) is 0 Å². The summed E-state index contributed by atoms with van der Waals surface area (Å²) in [5.41, 5.74) is -0.422. The van der Waals surface area contributed by atoms with E-state index in [0.717, 1.165) is 12.1 Å². The van der Waals surface area contributed by atoms with Gasteiger partial charge in [0.25, 0.3) is 0 Å². The maximum atomic E-state index is 12.3. The first-order chi connectivity index (χ1) is 7.12. The van der Waals surface area contributed by atoms with E-state index in [9.17, 15) is 13.2 Å². The van der Waals surface area contributed by atoms with Gasteiger partial charge in [0.2, 0.25) is 0 Å². The van der Waals surface area contributed by atoms with E-state index in [4.69, 9.17) is 33.2 Å². The van der Waals surface area contributed by atoms with Gasteiger partial charge in [-0.25, -0.2) is 0 Å². The van der Waals surface area contributed by atoms with Crippen LogP contribution in [-0.4, -0.2) is 6.00 Å². The maximum absolute atomic E-state index is 12.3. The number of halogens is 6. The zero-order valence-electron chi connectivity index (χ0n) is 8.15. The van der Waals surface area contributed by atoms with Crippen LogP contribution >= 0.6 is 33.2 Å². The number of benzene rings is 1. The van der Waals surface area contributed by atoms with E-state index >= 15 is 0 Å². The van der Waals surface area contributed by atoms with Gasteiger partial charge in [0, 0.05) is 5.54 Å². The van der Waals surface area contributed by atoms with Crippen molar-refractivity contribution in [1.29, 1.82) is 0 Å². The molecule has 0 N–H and O–H groups in total. The molecule has 0 nitrogen and oxygen atoms in total. The molecule has 0 aliphatic rings. The van der Waals surface area contributed by atoms with Crippen molar-refractivity contribution in [2.75, 3.05) is 0 Å². The number of hydrogen-bond acceptors (Lipinski definition) is 0. The van der Waals surface area contributed by atoms with Gasteiger partial charge in [0.1, 0.15) is 0 Å². The Hall–Kier alpha value is 0.0969. The molecule has 16 heavy (non-hydrogen) atoms. The Morgan fingerprint density at radius 1 is 1.06 bits per heavy atom. The van der Waals surface area contributed by atoms with Crippen LogP contribution in [0.1, 0.15) is 23.6 Å². The van der Waals surface area contributed by atoms with Gasteiger partial charge in [-0.2, -0.15) is 13.2 Å². The molecule has 0 aliphatic carbocycles. The van der Waals surface area contributed by atoms with E-state index in [-0.39, 0.29) is 5.54 Å². The molecule has 0 saturated carbocycles. The van der Waals surface area contributed by atoms with Gasteiger partial charge in [-0.1, -0.05) is 19.1 Å². The molecular formula is C9H8Cl3F3Si. The molecule has 0 saturated heterocycles. The summed E-state index contributed by atoms with van der Waals surface area (Å²) in [5.74, 6) is 0. The summed E-state index contributed by atoms with van der Waals surface area (Å²) in [6, 6.07) is 1.76. The zero-order chi connectivity index (χ0) is 12.6. The Kier molecular flexibility index (Phi) is 4.22. The van der Waals surface area contributed by atoms with Crippen LogP contribution in [0, 0.1) is 0 Å². The molecule has 0 fully saturated rings. The Morgan fingerprint density at radius 2 is 1.50 bits per heavy atom. The van der Waals surface area contributed by atoms with Gasteiger partial charge < -0.3 is 0 Å². The van der Waals surface area contributed by atoms with Gasteiger partial charge in [-0.15, -0.1) is 33.2 Å². The largest absolute Gasteiger partial charge is 0.416 e. The molecular weight excluding hydrogens is 300 g/mol. The van der Waals surface area contributed by atoms with Crippen LogP contribution < -0.4 is 0 Å². The van der Waals surface area contributed by atoms with Crippen LogP contribution in [0.2, 0.25) is 0 Å². The normalized spacial score (nSPS) is 14.9. The van der Waals surface area contributed by atoms with E-state index in [0.29, 0.717) is 5.56 Å². The van der Waals surface area contributed by atoms with Crippen molar-refractivity contribution >= 4 is 39.2 Å². The topological polar surface area (TPSA) is 0 Å². The molecule has 0 radical (unpaired) electrons. The Balaban J connectivity index is 2.96. The lowest BCUT2D eigenvalue weighted by Crippen LogP contribution is -2.20. The molecule has 0 bridgehead atoms. The highest BCUT2D eigenvalue weighted by Gasteiger charge is 2.35. The van der Waals surface area contributed by atoms with Crippen molar-refractivity contribution in [3.63, 3.8) is 0 Å². The molecule has 0 spiro atoms. The summed E-state index contributed by atoms with van der Waals surface area (Å²) < 4.78 is 36.9. The van der Waals surface area contributed by atoms with Crippen LogP contribution in [0.25, 0.3) is 0 Å². The summed E-state index contributed by atoms with van der Waals surface area (Å²) in [6.07, 6.45) is -4.33. The highest BCUT2D eigenvalue weighted by molar-refractivity contribution is 7.65. The van der Waals surface area contributed by atoms with Crippen molar-refractivity contribution < 1.29 is 13.2 Å². The van der Waals surface area contributed by atoms with Crippen molar-refractivity contribution in [2.45, 2.75) is 18.6 Å². The van der Waals surface area contributed by atoms with Crippen LogP contribution in [0.15, 0.2) is 24.3 Å². The fourth-order valence-corrected chi connectivity index (χ4v) is 2.85. The minimum Gasteiger partial charge on any atom is -0.166 e. The molecule has 1 aromatic rings. The zero-order valence-corrected chi connectivity index (χ0v) is 11.4. The Bertz CT molecular complexity index is 356. The minimum absolute atomic E-state index is 0.334. The molecule has 7 heteroatoms. The molecule has 1 atom stereocenters. The molecule has 0 aromatic heterocycles.